The molecular weight excluding hydrogens is 214 g/mol. The van der Waals surface area contributed by atoms with E-state index >= 15 is 0 Å². The number of rotatable bonds is 3. The smallest absolute Gasteiger partial charge is 0.227 e. The van der Waals surface area contributed by atoms with Crippen LogP contribution in [0.15, 0.2) is 36.4 Å². The Morgan fingerprint density at radius 3 is 2.88 bits per heavy atom. The first-order valence-corrected chi connectivity index (χ1v) is 5.96. The minimum absolute atomic E-state index is 0.0512. The molecule has 17 heavy (non-hydrogen) atoms. The van der Waals surface area contributed by atoms with Crippen LogP contribution >= 0.6 is 0 Å². The molecule has 90 valence electrons. The first-order chi connectivity index (χ1) is 8.31. The Hall–Kier alpha value is -1.61. The SMILES string of the molecule is O=C(Nc1ccccc1CO)C1CC=CCC1. The lowest BCUT2D eigenvalue weighted by atomic mass is 9.93. The highest BCUT2D eigenvalue weighted by Gasteiger charge is 2.19. The lowest BCUT2D eigenvalue weighted by Gasteiger charge is -2.18. The first-order valence-electron chi connectivity index (χ1n) is 5.96. The molecule has 0 fully saturated rings. The summed E-state index contributed by atoms with van der Waals surface area (Å²) in [4.78, 5) is 12.0. The van der Waals surface area contributed by atoms with Crippen LogP contribution in [-0.4, -0.2) is 11.0 Å². The maximum Gasteiger partial charge on any atom is 0.227 e. The fourth-order valence-electron chi connectivity index (χ4n) is 2.05. The van der Waals surface area contributed by atoms with Gasteiger partial charge in [-0.3, -0.25) is 4.79 Å². The van der Waals surface area contributed by atoms with Gasteiger partial charge in [-0.05, 0) is 25.3 Å². The number of carbonyl (C=O) groups excluding carboxylic acids is 1. The third-order valence-corrected chi connectivity index (χ3v) is 3.09. The summed E-state index contributed by atoms with van der Waals surface area (Å²) in [7, 11) is 0. The number of para-hydroxylation sites is 1. The number of hydrogen-bond donors (Lipinski definition) is 2. The molecule has 2 N–H and O–H groups in total. The molecule has 1 amide bonds. The molecule has 2 rings (SSSR count). The zero-order chi connectivity index (χ0) is 12.1. The van der Waals surface area contributed by atoms with E-state index in [9.17, 15) is 9.90 Å². The molecule has 1 unspecified atom stereocenters. The van der Waals surface area contributed by atoms with Crippen LogP contribution in [0.4, 0.5) is 5.69 Å². The zero-order valence-electron chi connectivity index (χ0n) is 9.73. The van der Waals surface area contributed by atoms with Gasteiger partial charge in [-0.2, -0.15) is 0 Å². The number of hydrogen-bond acceptors (Lipinski definition) is 2. The van der Waals surface area contributed by atoms with Crippen LogP contribution in [0, 0.1) is 5.92 Å². The largest absolute Gasteiger partial charge is 0.392 e. The Morgan fingerprint density at radius 1 is 1.35 bits per heavy atom. The average molecular weight is 231 g/mol. The van der Waals surface area contributed by atoms with E-state index in [0.29, 0.717) is 0 Å². The number of aliphatic hydroxyl groups excluding tert-OH is 1. The third-order valence-electron chi connectivity index (χ3n) is 3.09. The number of amides is 1. The molecule has 1 atom stereocenters. The summed E-state index contributed by atoms with van der Waals surface area (Å²) in [6, 6.07) is 7.35. The van der Waals surface area contributed by atoms with Crippen molar-refractivity contribution in [2.45, 2.75) is 25.9 Å². The van der Waals surface area contributed by atoms with Crippen molar-refractivity contribution in [2.24, 2.45) is 5.92 Å². The fraction of sp³-hybridized carbons (Fsp3) is 0.357. The van der Waals surface area contributed by atoms with E-state index < -0.39 is 0 Å². The fourth-order valence-corrected chi connectivity index (χ4v) is 2.05. The van der Waals surface area contributed by atoms with Crippen molar-refractivity contribution in [2.75, 3.05) is 5.32 Å². The highest BCUT2D eigenvalue weighted by molar-refractivity contribution is 5.93. The lowest BCUT2D eigenvalue weighted by molar-refractivity contribution is -0.120. The van der Waals surface area contributed by atoms with E-state index in [4.69, 9.17) is 0 Å². The lowest BCUT2D eigenvalue weighted by Crippen LogP contribution is -2.24. The van der Waals surface area contributed by atoms with E-state index in [1.54, 1.807) is 0 Å². The Bertz CT molecular complexity index is 426. The molecule has 1 aromatic rings. The molecule has 1 aromatic carbocycles. The van der Waals surface area contributed by atoms with Crippen molar-refractivity contribution in [1.29, 1.82) is 0 Å². The highest BCUT2D eigenvalue weighted by atomic mass is 16.3. The minimum atomic E-state index is -0.0545. The van der Waals surface area contributed by atoms with Gasteiger partial charge in [0.05, 0.1) is 6.61 Å². The van der Waals surface area contributed by atoms with Gasteiger partial charge in [0, 0.05) is 17.2 Å². The summed E-state index contributed by atoms with van der Waals surface area (Å²) in [5, 5.41) is 12.1. The van der Waals surface area contributed by atoms with Gasteiger partial charge < -0.3 is 10.4 Å². The van der Waals surface area contributed by atoms with E-state index in [-0.39, 0.29) is 18.4 Å². The van der Waals surface area contributed by atoms with Crippen molar-refractivity contribution in [3.8, 4) is 0 Å². The molecule has 0 aromatic heterocycles. The van der Waals surface area contributed by atoms with Crippen LogP contribution in [0.1, 0.15) is 24.8 Å². The van der Waals surface area contributed by atoms with E-state index in [0.717, 1.165) is 30.5 Å². The van der Waals surface area contributed by atoms with Gasteiger partial charge >= 0.3 is 0 Å². The molecule has 3 heteroatoms. The molecule has 0 radical (unpaired) electrons. The molecule has 0 bridgehead atoms. The third kappa shape index (κ3) is 2.94. The second kappa shape index (κ2) is 5.64. The van der Waals surface area contributed by atoms with Crippen molar-refractivity contribution in [1.82, 2.24) is 0 Å². The molecule has 1 aliphatic carbocycles. The van der Waals surface area contributed by atoms with Gasteiger partial charge in [0.2, 0.25) is 5.91 Å². The molecule has 0 saturated carbocycles. The topological polar surface area (TPSA) is 49.3 Å². The molecule has 0 aliphatic heterocycles. The Balaban J connectivity index is 2.04. The second-order valence-corrected chi connectivity index (χ2v) is 4.29. The van der Waals surface area contributed by atoms with E-state index in [2.05, 4.69) is 17.5 Å². The van der Waals surface area contributed by atoms with Crippen molar-refractivity contribution >= 4 is 11.6 Å². The number of carbonyl (C=O) groups is 1. The number of aliphatic hydroxyl groups is 1. The van der Waals surface area contributed by atoms with Gasteiger partial charge in [-0.15, -0.1) is 0 Å². The molecule has 1 aliphatic rings. The maximum absolute atomic E-state index is 12.0. The van der Waals surface area contributed by atoms with Gasteiger partial charge in [0.25, 0.3) is 0 Å². The quantitative estimate of drug-likeness (QED) is 0.785. The minimum Gasteiger partial charge on any atom is -0.392 e. The van der Waals surface area contributed by atoms with E-state index in [1.807, 2.05) is 24.3 Å². The Morgan fingerprint density at radius 2 is 2.18 bits per heavy atom. The maximum atomic E-state index is 12.0. The summed E-state index contributed by atoms with van der Waals surface area (Å²) in [5.41, 5.74) is 1.47. The zero-order valence-corrected chi connectivity index (χ0v) is 9.73. The predicted octanol–water partition coefficient (Wildman–Crippen LogP) is 2.47. The van der Waals surface area contributed by atoms with Crippen LogP contribution in [0.5, 0.6) is 0 Å². The number of anilines is 1. The number of nitrogens with one attached hydrogen (secondary N) is 1. The molecule has 3 nitrogen and oxygen atoms in total. The molecule has 0 heterocycles. The summed E-state index contributed by atoms with van der Waals surface area (Å²) in [6.45, 7) is -0.0545. The monoisotopic (exact) mass is 231 g/mol. The van der Waals surface area contributed by atoms with Crippen LogP contribution < -0.4 is 5.32 Å². The first kappa shape index (κ1) is 11.9. The summed E-state index contributed by atoms with van der Waals surface area (Å²) < 4.78 is 0. The van der Waals surface area contributed by atoms with Crippen LogP contribution in [0.2, 0.25) is 0 Å². The summed E-state index contributed by atoms with van der Waals surface area (Å²) in [5.74, 6) is 0.113. The molecule has 0 spiro atoms. The van der Waals surface area contributed by atoms with Crippen LogP contribution in [-0.2, 0) is 11.4 Å². The normalized spacial score (nSPS) is 19.0. The van der Waals surface area contributed by atoms with E-state index in [1.165, 1.54) is 0 Å². The van der Waals surface area contributed by atoms with Crippen molar-refractivity contribution < 1.29 is 9.90 Å². The molecule has 0 saturated heterocycles. The van der Waals surface area contributed by atoms with Gasteiger partial charge in [0.1, 0.15) is 0 Å². The van der Waals surface area contributed by atoms with Crippen molar-refractivity contribution in [3.63, 3.8) is 0 Å². The Kier molecular flexibility index (Phi) is 3.94. The predicted molar refractivity (Wildman–Crippen MR) is 67.5 cm³/mol. The average Bonchev–Trinajstić information content (AvgIpc) is 2.40. The standard InChI is InChI=1S/C14H17NO2/c16-10-12-8-4-5-9-13(12)15-14(17)11-6-2-1-3-7-11/h1-2,4-5,8-9,11,16H,3,6-7,10H2,(H,15,17). The van der Waals surface area contributed by atoms with Crippen LogP contribution in [0.3, 0.4) is 0 Å². The van der Waals surface area contributed by atoms with Crippen molar-refractivity contribution in [3.05, 3.63) is 42.0 Å². The molecular formula is C14H17NO2. The Labute approximate surface area is 101 Å². The van der Waals surface area contributed by atoms with Gasteiger partial charge in [-0.25, -0.2) is 0 Å². The highest BCUT2D eigenvalue weighted by Crippen LogP contribution is 2.21. The number of allylic oxidation sites excluding steroid dienone is 2. The van der Waals surface area contributed by atoms with Gasteiger partial charge in [-0.1, -0.05) is 30.4 Å². The summed E-state index contributed by atoms with van der Waals surface area (Å²) in [6.07, 6.45) is 6.87. The number of benzene rings is 1. The summed E-state index contributed by atoms with van der Waals surface area (Å²) >= 11 is 0. The van der Waals surface area contributed by atoms with Gasteiger partial charge in [0.15, 0.2) is 0 Å². The second-order valence-electron chi connectivity index (χ2n) is 4.29. The van der Waals surface area contributed by atoms with Crippen LogP contribution in [0.25, 0.3) is 0 Å².